The number of thiophene rings is 1. The van der Waals surface area contributed by atoms with Gasteiger partial charge in [0.05, 0.1) is 0 Å². The van der Waals surface area contributed by atoms with Gasteiger partial charge in [0.25, 0.3) is 5.92 Å². The van der Waals surface area contributed by atoms with Gasteiger partial charge in [0, 0.05) is 5.92 Å². The zero-order valence-corrected chi connectivity index (χ0v) is 9.85. The Kier molecular flexibility index (Phi) is 3.51. The van der Waals surface area contributed by atoms with E-state index >= 15 is 0 Å². The smallest absolute Gasteiger partial charge is 0.346 e. The molecule has 7 heteroatoms. The topological polar surface area (TPSA) is 74.6 Å². The lowest BCUT2D eigenvalue weighted by molar-refractivity contribution is -0.00238. The van der Waals surface area contributed by atoms with Crippen LogP contribution in [0, 0.1) is 0 Å². The Morgan fingerprint density at radius 2 is 1.88 bits per heavy atom. The second-order valence-corrected chi connectivity index (χ2v) is 4.74. The van der Waals surface area contributed by atoms with Crippen LogP contribution in [0.15, 0.2) is 6.07 Å². The molecule has 0 saturated carbocycles. The van der Waals surface area contributed by atoms with E-state index in [0.29, 0.717) is 18.3 Å². The van der Waals surface area contributed by atoms with Crippen molar-refractivity contribution in [3.63, 3.8) is 0 Å². The van der Waals surface area contributed by atoms with Gasteiger partial charge >= 0.3 is 11.9 Å². The van der Waals surface area contributed by atoms with E-state index in [9.17, 15) is 18.4 Å². The van der Waals surface area contributed by atoms with Crippen molar-refractivity contribution < 1.29 is 28.6 Å². The summed E-state index contributed by atoms with van der Waals surface area (Å²) in [5, 5.41) is 17.6. The van der Waals surface area contributed by atoms with Crippen LogP contribution >= 0.6 is 11.3 Å². The standard InChI is InChI=1S/C10H10F2O4S/c1-4(10(2,11)12)5-3-6(8(13)14)17-7(5)9(15)16/h3-4H,1-2H3,(H,13,14)(H,15,16). The van der Waals surface area contributed by atoms with E-state index in [1.54, 1.807) is 0 Å². The molecule has 1 aromatic rings. The average molecular weight is 264 g/mol. The second kappa shape index (κ2) is 4.40. The quantitative estimate of drug-likeness (QED) is 0.876. The normalized spacial score (nSPS) is 13.4. The van der Waals surface area contributed by atoms with Crippen molar-refractivity contribution in [1.82, 2.24) is 0 Å². The molecule has 94 valence electrons. The maximum absolute atomic E-state index is 13.1. The van der Waals surface area contributed by atoms with E-state index in [-0.39, 0.29) is 15.3 Å². The molecule has 0 aliphatic heterocycles. The van der Waals surface area contributed by atoms with Gasteiger partial charge in [-0.05, 0) is 18.6 Å². The molecule has 17 heavy (non-hydrogen) atoms. The van der Waals surface area contributed by atoms with Crippen molar-refractivity contribution >= 4 is 23.3 Å². The molecule has 0 spiro atoms. The molecule has 0 aromatic carbocycles. The minimum Gasteiger partial charge on any atom is -0.477 e. The highest BCUT2D eigenvalue weighted by molar-refractivity contribution is 7.16. The molecule has 4 nitrogen and oxygen atoms in total. The van der Waals surface area contributed by atoms with E-state index in [1.165, 1.54) is 6.92 Å². The summed E-state index contributed by atoms with van der Waals surface area (Å²) >= 11 is 0.488. The number of alkyl halides is 2. The third-order valence-electron chi connectivity index (χ3n) is 2.39. The van der Waals surface area contributed by atoms with Crippen LogP contribution in [0.1, 0.15) is 44.7 Å². The lowest BCUT2D eigenvalue weighted by atomic mass is 9.95. The Balaban J connectivity index is 3.31. The van der Waals surface area contributed by atoms with Crippen LogP contribution in [0.25, 0.3) is 0 Å². The van der Waals surface area contributed by atoms with Crippen LogP contribution in [0.5, 0.6) is 0 Å². The summed E-state index contributed by atoms with van der Waals surface area (Å²) in [6, 6.07) is 0.999. The van der Waals surface area contributed by atoms with E-state index < -0.39 is 23.8 Å². The van der Waals surface area contributed by atoms with Crippen LogP contribution in [0.3, 0.4) is 0 Å². The predicted molar refractivity (Wildman–Crippen MR) is 57.3 cm³/mol. The minimum absolute atomic E-state index is 0.146. The number of halogens is 2. The third kappa shape index (κ3) is 2.79. The molecule has 0 radical (unpaired) electrons. The first-order valence-electron chi connectivity index (χ1n) is 4.62. The van der Waals surface area contributed by atoms with Crippen molar-refractivity contribution in [2.75, 3.05) is 0 Å². The molecule has 1 unspecified atom stereocenters. The van der Waals surface area contributed by atoms with Crippen LogP contribution < -0.4 is 0 Å². The van der Waals surface area contributed by atoms with Crippen LogP contribution in [0.4, 0.5) is 8.78 Å². The van der Waals surface area contributed by atoms with Crippen molar-refractivity contribution in [2.45, 2.75) is 25.7 Å². The number of carboxylic acids is 2. The highest BCUT2D eigenvalue weighted by atomic mass is 32.1. The Labute approximate surface area is 99.5 Å². The van der Waals surface area contributed by atoms with E-state index in [0.717, 1.165) is 6.07 Å². The molecule has 0 fully saturated rings. The Hall–Kier alpha value is -1.50. The SMILES string of the molecule is CC(c1cc(C(=O)O)sc1C(=O)O)C(C)(F)F. The van der Waals surface area contributed by atoms with Gasteiger partial charge in [0.2, 0.25) is 0 Å². The first kappa shape index (κ1) is 13.6. The van der Waals surface area contributed by atoms with Crippen molar-refractivity contribution in [3.8, 4) is 0 Å². The monoisotopic (exact) mass is 264 g/mol. The molecule has 0 aliphatic carbocycles. The zero-order valence-electron chi connectivity index (χ0n) is 9.03. The molecule has 1 heterocycles. The van der Waals surface area contributed by atoms with Gasteiger partial charge in [-0.15, -0.1) is 11.3 Å². The fraction of sp³-hybridized carbons (Fsp3) is 0.400. The van der Waals surface area contributed by atoms with E-state index in [1.807, 2.05) is 0 Å². The fourth-order valence-electron chi connectivity index (χ4n) is 1.27. The number of aromatic carboxylic acids is 2. The number of hydrogen-bond acceptors (Lipinski definition) is 3. The summed E-state index contributed by atoms with van der Waals surface area (Å²) in [6.07, 6.45) is 0. The van der Waals surface area contributed by atoms with Crippen molar-refractivity contribution in [2.24, 2.45) is 0 Å². The Morgan fingerprint density at radius 3 is 2.24 bits per heavy atom. The molecule has 1 atom stereocenters. The molecular formula is C10H10F2O4S. The van der Waals surface area contributed by atoms with E-state index in [4.69, 9.17) is 10.2 Å². The largest absolute Gasteiger partial charge is 0.477 e. The molecule has 2 N–H and O–H groups in total. The minimum atomic E-state index is -3.11. The van der Waals surface area contributed by atoms with E-state index in [2.05, 4.69) is 0 Å². The maximum atomic E-state index is 13.1. The zero-order chi connectivity index (χ0) is 13.4. The van der Waals surface area contributed by atoms with Crippen molar-refractivity contribution in [1.29, 1.82) is 0 Å². The van der Waals surface area contributed by atoms with Gasteiger partial charge in [0.15, 0.2) is 0 Å². The molecule has 0 aliphatic rings. The number of hydrogen-bond donors (Lipinski definition) is 2. The molecular weight excluding hydrogens is 254 g/mol. The molecule has 1 aromatic heterocycles. The Morgan fingerprint density at radius 1 is 1.35 bits per heavy atom. The predicted octanol–water partition coefficient (Wildman–Crippen LogP) is 2.90. The first-order chi connectivity index (χ1) is 7.64. The summed E-state index contributed by atoms with van der Waals surface area (Å²) in [5.74, 6) is -7.18. The van der Waals surface area contributed by atoms with Crippen LogP contribution in [0.2, 0.25) is 0 Å². The first-order valence-corrected chi connectivity index (χ1v) is 5.44. The fourth-order valence-corrected chi connectivity index (χ4v) is 2.21. The van der Waals surface area contributed by atoms with Gasteiger partial charge in [-0.3, -0.25) is 0 Å². The van der Waals surface area contributed by atoms with Crippen LogP contribution in [-0.2, 0) is 0 Å². The van der Waals surface area contributed by atoms with Gasteiger partial charge < -0.3 is 10.2 Å². The summed E-state index contributed by atoms with van der Waals surface area (Å²) in [7, 11) is 0. The molecule has 1 rings (SSSR count). The second-order valence-electron chi connectivity index (χ2n) is 3.68. The van der Waals surface area contributed by atoms with Gasteiger partial charge in [-0.2, -0.15) is 0 Å². The maximum Gasteiger partial charge on any atom is 0.346 e. The summed E-state index contributed by atoms with van der Waals surface area (Å²) < 4.78 is 26.2. The highest BCUT2D eigenvalue weighted by Gasteiger charge is 2.35. The summed E-state index contributed by atoms with van der Waals surface area (Å²) in [4.78, 5) is 20.9. The van der Waals surface area contributed by atoms with Gasteiger partial charge in [0.1, 0.15) is 9.75 Å². The number of rotatable bonds is 4. The van der Waals surface area contributed by atoms with Gasteiger partial charge in [-0.25, -0.2) is 18.4 Å². The lowest BCUT2D eigenvalue weighted by Gasteiger charge is -2.18. The number of carbonyl (C=O) groups is 2. The number of carboxylic acid groups (broad SMARTS) is 2. The molecule has 0 amide bonds. The summed E-state index contributed by atoms with van der Waals surface area (Å²) in [6.45, 7) is 1.83. The van der Waals surface area contributed by atoms with Gasteiger partial charge in [-0.1, -0.05) is 6.92 Å². The van der Waals surface area contributed by atoms with Crippen molar-refractivity contribution in [3.05, 3.63) is 21.4 Å². The lowest BCUT2D eigenvalue weighted by Crippen LogP contribution is -2.20. The average Bonchev–Trinajstić information content (AvgIpc) is 2.59. The molecule has 0 bridgehead atoms. The Bertz CT molecular complexity index is 461. The third-order valence-corrected chi connectivity index (χ3v) is 3.52. The molecule has 0 saturated heterocycles. The highest BCUT2D eigenvalue weighted by Crippen LogP contribution is 2.37. The summed E-state index contributed by atoms with van der Waals surface area (Å²) in [5.41, 5.74) is -0.146. The van der Waals surface area contributed by atoms with Crippen LogP contribution in [-0.4, -0.2) is 28.1 Å².